The molecule has 0 bridgehead atoms. The Labute approximate surface area is 140 Å². The van der Waals surface area contributed by atoms with Crippen molar-refractivity contribution in [2.75, 3.05) is 7.11 Å². The minimum atomic E-state index is -4.68. The first-order valence-electron chi connectivity index (χ1n) is 7.55. The first kappa shape index (κ1) is 17.5. The molecular weight excluding hydrogens is 343 g/mol. The number of primary amides is 1. The SMILES string of the molecule is COc1ncc(C2=NOC3CC(C(O)C(F)(F)F)CC23)cc1C(N)=O. The molecule has 10 heteroatoms. The molecule has 0 aromatic carbocycles. The Kier molecular flexibility index (Phi) is 4.31. The lowest BCUT2D eigenvalue weighted by molar-refractivity contribution is -0.219. The highest BCUT2D eigenvalue weighted by Gasteiger charge is 2.52. The van der Waals surface area contributed by atoms with E-state index in [0.717, 1.165) is 0 Å². The molecule has 1 aromatic rings. The maximum Gasteiger partial charge on any atom is 0.414 e. The summed E-state index contributed by atoms with van der Waals surface area (Å²) in [7, 11) is 1.33. The van der Waals surface area contributed by atoms with Crippen LogP contribution in [-0.4, -0.2) is 47.2 Å². The number of hydrogen-bond donors (Lipinski definition) is 2. The number of aliphatic hydroxyl groups is 1. The number of halogens is 3. The number of carbonyl (C=O) groups is 1. The van der Waals surface area contributed by atoms with Crippen LogP contribution in [0, 0.1) is 11.8 Å². The van der Waals surface area contributed by atoms with Crippen LogP contribution >= 0.6 is 0 Å². The number of aromatic nitrogens is 1. The molecule has 3 rings (SSSR count). The zero-order valence-electron chi connectivity index (χ0n) is 13.2. The van der Waals surface area contributed by atoms with E-state index in [4.69, 9.17) is 15.3 Å². The third kappa shape index (κ3) is 3.13. The Bertz CT molecular complexity index is 722. The van der Waals surface area contributed by atoms with E-state index in [0.29, 0.717) is 11.3 Å². The number of oxime groups is 1. The summed E-state index contributed by atoms with van der Waals surface area (Å²) in [5.41, 5.74) is 6.13. The number of pyridine rings is 1. The topological polar surface area (TPSA) is 107 Å². The number of rotatable bonds is 4. The molecule has 7 nitrogen and oxygen atoms in total. The second kappa shape index (κ2) is 6.17. The highest BCUT2D eigenvalue weighted by molar-refractivity contribution is 6.05. The van der Waals surface area contributed by atoms with Gasteiger partial charge in [-0.15, -0.1) is 0 Å². The molecule has 2 heterocycles. The number of fused-ring (bicyclic) bond motifs is 1. The number of alkyl halides is 3. The molecule has 1 aliphatic heterocycles. The second-order valence-corrected chi connectivity index (χ2v) is 6.09. The van der Waals surface area contributed by atoms with E-state index in [1.54, 1.807) is 0 Å². The summed E-state index contributed by atoms with van der Waals surface area (Å²) in [5, 5.41) is 13.4. The highest BCUT2D eigenvalue weighted by Crippen LogP contribution is 2.44. The first-order chi connectivity index (χ1) is 11.7. The van der Waals surface area contributed by atoms with Crippen LogP contribution in [0.1, 0.15) is 28.8 Å². The maximum atomic E-state index is 12.7. The molecule has 4 unspecified atom stereocenters. The van der Waals surface area contributed by atoms with Crippen molar-refractivity contribution in [3.8, 4) is 5.88 Å². The van der Waals surface area contributed by atoms with E-state index in [1.165, 1.54) is 19.4 Å². The molecule has 0 saturated heterocycles. The monoisotopic (exact) mass is 359 g/mol. The molecule has 25 heavy (non-hydrogen) atoms. The molecule has 1 fully saturated rings. The molecule has 0 spiro atoms. The Morgan fingerprint density at radius 1 is 1.48 bits per heavy atom. The summed E-state index contributed by atoms with van der Waals surface area (Å²) in [6, 6.07) is 1.42. The van der Waals surface area contributed by atoms with Crippen LogP contribution < -0.4 is 10.5 Å². The van der Waals surface area contributed by atoms with E-state index >= 15 is 0 Å². The van der Waals surface area contributed by atoms with Crippen molar-refractivity contribution in [2.24, 2.45) is 22.7 Å². The summed E-state index contributed by atoms with van der Waals surface area (Å²) in [6.45, 7) is 0. The number of aliphatic hydroxyl groups excluding tert-OH is 1. The lowest BCUT2D eigenvalue weighted by Crippen LogP contribution is -2.35. The molecule has 2 aliphatic rings. The highest BCUT2D eigenvalue weighted by atomic mass is 19.4. The van der Waals surface area contributed by atoms with Crippen LogP contribution in [0.4, 0.5) is 13.2 Å². The molecule has 136 valence electrons. The second-order valence-electron chi connectivity index (χ2n) is 6.09. The average molecular weight is 359 g/mol. The summed E-state index contributed by atoms with van der Waals surface area (Å²) in [6.07, 6.45) is -6.12. The Balaban J connectivity index is 1.84. The van der Waals surface area contributed by atoms with Gasteiger partial charge in [0.2, 0.25) is 5.88 Å². The number of nitrogens with zero attached hydrogens (tertiary/aromatic N) is 2. The van der Waals surface area contributed by atoms with Crippen molar-refractivity contribution >= 4 is 11.6 Å². The van der Waals surface area contributed by atoms with E-state index in [2.05, 4.69) is 10.1 Å². The van der Waals surface area contributed by atoms with Gasteiger partial charge in [-0.25, -0.2) is 4.98 Å². The summed E-state index contributed by atoms with van der Waals surface area (Å²) in [5.74, 6) is -2.09. The lowest BCUT2D eigenvalue weighted by atomic mass is 9.92. The van der Waals surface area contributed by atoms with Crippen molar-refractivity contribution in [2.45, 2.75) is 31.2 Å². The largest absolute Gasteiger partial charge is 0.480 e. The molecule has 4 atom stereocenters. The third-order valence-electron chi connectivity index (χ3n) is 4.57. The zero-order valence-corrected chi connectivity index (χ0v) is 13.2. The van der Waals surface area contributed by atoms with Gasteiger partial charge in [0.15, 0.2) is 6.10 Å². The maximum absolute atomic E-state index is 12.7. The van der Waals surface area contributed by atoms with Gasteiger partial charge in [-0.3, -0.25) is 4.79 Å². The van der Waals surface area contributed by atoms with Gasteiger partial charge in [-0.1, -0.05) is 5.16 Å². The van der Waals surface area contributed by atoms with Gasteiger partial charge in [0, 0.05) is 17.7 Å². The minimum absolute atomic E-state index is 0.0380. The fraction of sp³-hybridized carbons (Fsp3) is 0.533. The third-order valence-corrected chi connectivity index (χ3v) is 4.57. The molecule has 1 saturated carbocycles. The fourth-order valence-corrected chi connectivity index (χ4v) is 3.36. The van der Waals surface area contributed by atoms with E-state index in [9.17, 15) is 23.1 Å². The molecule has 3 N–H and O–H groups in total. The summed E-state index contributed by atoms with van der Waals surface area (Å²) in [4.78, 5) is 20.7. The first-order valence-corrected chi connectivity index (χ1v) is 7.55. The van der Waals surface area contributed by atoms with Crippen LogP contribution in [0.15, 0.2) is 17.4 Å². The fourth-order valence-electron chi connectivity index (χ4n) is 3.36. The van der Waals surface area contributed by atoms with E-state index in [-0.39, 0.29) is 24.3 Å². The van der Waals surface area contributed by atoms with Crippen molar-refractivity contribution in [3.05, 3.63) is 23.4 Å². The molecule has 1 aliphatic carbocycles. The summed E-state index contributed by atoms with van der Waals surface area (Å²) >= 11 is 0. The van der Waals surface area contributed by atoms with Gasteiger partial charge >= 0.3 is 6.18 Å². The lowest BCUT2D eigenvalue weighted by Gasteiger charge is -2.21. The summed E-state index contributed by atoms with van der Waals surface area (Å²) < 4.78 is 43.1. The number of carbonyl (C=O) groups excluding carboxylic acids is 1. The van der Waals surface area contributed by atoms with Crippen LogP contribution in [0.3, 0.4) is 0 Å². The number of amides is 1. The van der Waals surface area contributed by atoms with E-state index in [1.807, 2.05) is 0 Å². The van der Waals surface area contributed by atoms with Gasteiger partial charge < -0.3 is 20.4 Å². The van der Waals surface area contributed by atoms with E-state index < -0.39 is 36.1 Å². The van der Waals surface area contributed by atoms with Crippen LogP contribution in [0.2, 0.25) is 0 Å². The molecule has 0 radical (unpaired) electrons. The van der Waals surface area contributed by atoms with Gasteiger partial charge in [0.1, 0.15) is 11.7 Å². The van der Waals surface area contributed by atoms with Crippen LogP contribution in [0.25, 0.3) is 0 Å². The van der Waals surface area contributed by atoms with Gasteiger partial charge in [-0.2, -0.15) is 13.2 Å². The Morgan fingerprint density at radius 2 is 2.20 bits per heavy atom. The van der Waals surface area contributed by atoms with Crippen molar-refractivity contribution < 1.29 is 32.6 Å². The van der Waals surface area contributed by atoms with Gasteiger partial charge in [0.25, 0.3) is 5.91 Å². The zero-order chi connectivity index (χ0) is 18.4. The minimum Gasteiger partial charge on any atom is -0.480 e. The molecule has 1 aromatic heterocycles. The van der Waals surface area contributed by atoms with Gasteiger partial charge in [-0.05, 0) is 24.8 Å². The van der Waals surface area contributed by atoms with Crippen LogP contribution in [0.5, 0.6) is 5.88 Å². The number of hydrogen-bond acceptors (Lipinski definition) is 6. The van der Waals surface area contributed by atoms with Crippen molar-refractivity contribution in [3.63, 3.8) is 0 Å². The predicted octanol–water partition coefficient (Wildman–Crippen LogP) is 1.24. The molecule has 1 amide bonds. The quantitative estimate of drug-likeness (QED) is 0.841. The normalized spacial score (nSPS) is 26.6. The Morgan fingerprint density at radius 3 is 2.80 bits per heavy atom. The molecular formula is C15H16F3N3O4. The number of nitrogens with two attached hydrogens (primary N) is 1. The van der Waals surface area contributed by atoms with Crippen molar-refractivity contribution in [1.29, 1.82) is 0 Å². The van der Waals surface area contributed by atoms with Gasteiger partial charge in [0.05, 0.1) is 12.8 Å². The standard InChI is InChI=1S/C15H16F3N3O4/c1-24-14-9(13(19)23)3-7(5-20-14)11-8-2-6(4-10(8)25-21-11)12(22)15(16,17)18/h3,5-6,8,10,12,22H,2,4H2,1H3,(H2,19,23). The smallest absolute Gasteiger partial charge is 0.414 e. The Hall–Kier alpha value is -2.36. The number of ether oxygens (including phenoxy) is 1. The number of methoxy groups -OCH3 is 1. The average Bonchev–Trinajstić information content (AvgIpc) is 3.12. The predicted molar refractivity (Wildman–Crippen MR) is 79.0 cm³/mol. The van der Waals surface area contributed by atoms with Crippen LogP contribution in [-0.2, 0) is 4.84 Å². The van der Waals surface area contributed by atoms with Crippen molar-refractivity contribution in [1.82, 2.24) is 4.98 Å².